The Kier molecular flexibility index (Phi) is 10.0. The first-order valence-corrected chi connectivity index (χ1v) is 7.12. The zero-order valence-electron chi connectivity index (χ0n) is 12.6. The number of hydrogen-bond acceptors (Lipinski definition) is 6. The van der Waals surface area contributed by atoms with Crippen LogP contribution in [0.2, 0.25) is 0 Å². The van der Waals surface area contributed by atoms with Crippen molar-refractivity contribution in [3.8, 4) is 0 Å². The molecule has 0 bridgehead atoms. The Hall–Kier alpha value is -1.14. The lowest BCUT2D eigenvalue weighted by Crippen LogP contribution is -2.43. The van der Waals surface area contributed by atoms with Gasteiger partial charge in [0.1, 0.15) is 0 Å². The van der Waals surface area contributed by atoms with E-state index in [9.17, 15) is 9.59 Å². The third-order valence-electron chi connectivity index (χ3n) is 2.92. The van der Waals surface area contributed by atoms with Crippen molar-refractivity contribution < 1.29 is 28.9 Å². The van der Waals surface area contributed by atoms with E-state index in [1.807, 2.05) is 6.92 Å². The topological polar surface area (TPSA) is 82.1 Å². The molecule has 0 aromatic carbocycles. The van der Waals surface area contributed by atoms with Crippen LogP contribution in [0.5, 0.6) is 0 Å². The second kappa shape index (κ2) is 10.6. The van der Waals surface area contributed by atoms with E-state index in [0.29, 0.717) is 12.8 Å². The van der Waals surface area contributed by atoms with Crippen LogP contribution < -0.4 is 0 Å². The van der Waals surface area contributed by atoms with Crippen LogP contribution in [0.3, 0.4) is 0 Å². The Balaban J connectivity index is 5.00. The summed E-state index contributed by atoms with van der Waals surface area (Å²) in [6, 6.07) is 0. The van der Waals surface area contributed by atoms with Crippen molar-refractivity contribution in [3.05, 3.63) is 0 Å². The van der Waals surface area contributed by atoms with Crippen LogP contribution in [0, 0.1) is 5.41 Å². The minimum atomic E-state index is -1.31. The minimum Gasteiger partial charge on any atom is -0.465 e. The quantitative estimate of drug-likeness (QED) is 0.351. The van der Waals surface area contributed by atoms with Gasteiger partial charge in [0, 0.05) is 6.61 Å². The number of carbonyl (C=O) groups is 2. The summed E-state index contributed by atoms with van der Waals surface area (Å²) < 4.78 is 15.3. The van der Waals surface area contributed by atoms with Crippen LogP contribution in [0.15, 0.2) is 0 Å². The van der Waals surface area contributed by atoms with Gasteiger partial charge in [0.2, 0.25) is 0 Å². The fourth-order valence-electron chi connectivity index (χ4n) is 1.99. The van der Waals surface area contributed by atoms with Crippen LogP contribution in [0.4, 0.5) is 0 Å². The molecule has 0 aromatic heterocycles. The van der Waals surface area contributed by atoms with Crippen molar-refractivity contribution in [2.75, 3.05) is 33.0 Å². The highest BCUT2D eigenvalue weighted by Gasteiger charge is 2.47. The van der Waals surface area contributed by atoms with Crippen LogP contribution in [0.25, 0.3) is 0 Å². The molecular formula is C14H26O6. The fraction of sp³-hybridized carbons (Fsp3) is 0.857. The van der Waals surface area contributed by atoms with E-state index in [0.717, 1.165) is 0 Å². The molecule has 6 nitrogen and oxygen atoms in total. The lowest BCUT2D eigenvalue weighted by Gasteiger charge is -2.28. The highest BCUT2D eigenvalue weighted by atomic mass is 16.6. The van der Waals surface area contributed by atoms with Gasteiger partial charge in [-0.15, -0.1) is 0 Å². The molecular weight excluding hydrogens is 264 g/mol. The smallest absolute Gasteiger partial charge is 0.323 e. The third kappa shape index (κ3) is 5.46. The summed E-state index contributed by atoms with van der Waals surface area (Å²) in [4.78, 5) is 24.4. The maximum Gasteiger partial charge on any atom is 0.323 e. The van der Waals surface area contributed by atoms with Crippen LogP contribution in [0.1, 0.15) is 40.0 Å². The van der Waals surface area contributed by atoms with Crippen molar-refractivity contribution in [2.45, 2.75) is 40.0 Å². The number of ether oxygens (including phenoxy) is 3. The monoisotopic (exact) mass is 290 g/mol. The van der Waals surface area contributed by atoms with E-state index >= 15 is 0 Å². The van der Waals surface area contributed by atoms with Gasteiger partial charge in [-0.2, -0.15) is 0 Å². The first-order chi connectivity index (χ1) is 9.58. The molecule has 0 atom stereocenters. The van der Waals surface area contributed by atoms with Gasteiger partial charge >= 0.3 is 11.9 Å². The van der Waals surface area contributed by atoms with Crippen molar-refractivity contribution >= 4 is 11.9 Å². The van der Waals surface area contributed by atoms with Gasteiger partial charge in [0.05, 0.1) is 26.4 Å². The van der Waals surface area contributed by atoms with Crippen LogP contribution in [-0.4, -0.2) is 50.1 Å². The Morgan fingerprint density at radius 3 is 1.90 bits per heavy atom. The largest absolute Gasteiger partial charge is 0.465 e. The van der Waals surface area contributed by atoms with E-state index in [1.165, 1.54) is 0 Å². The number of carbonyl (C=O) groups excluding carboxylic acids is 2. The molecule has 0 amide bonds. The Morgan fingerprint density at radius 2 is 1.50 bits per heavy atom. The second-order valence-electron chi connectivity index (χ2n) is 4.36. The number of esters is 2. The van der Waals surface area contributed by atoms with Gasteiger partial charge in [-0.1, -0.05) is 13.3 Å². The highest BCUT2D eigenvalue weighted by molar-refractivity contribution is 6.00. The molecule has 0 aliphatic carbocycles. The molecule has 0 saturated heterocycles. The normalized spacial score (nSPS) is 11.2. The first-order valence-electron chi connectivity index (χ1n) is 7.12. The molecule has 0 unspecified atom stereocenters. The molecule has 0 aromatic rings. The summed E-state index contributed by atoms with van der Waals surface area (Å²) in [6.45, 7) is 5.97. The predicted molar refractivity (Wildman–Crippen MR) is 73.1 cm³/mol. The summed E-state index contributed by atoms with van der Waals surface area (Å²) in [5.74, 6) is -1.12. The molecule has 6 heteroatoms. The average molecular weight is 290 g/mol. The van der Waals surface area contributed by atoms with Gasteiger partial charge in [-0.05, 0) is 26.7 Å². The van der Waals surface area contributed by atoms with Crippen molar-refractivity contribution in [2.24, 2.45) is 5.41 Å². The molecule has 0 aliphatic rings. The Labute approximate surface area is 120 Å². The number of aliphatic hydroxyl groups is 1. The van der Waals surface area contributed by atoms with Gasteiger partial charge in [-0.3, -0.25) is 9.59 Å². The van der Waals surface area contributed by atoms with Gasteiger partial charge in [-0.25, -0.2) is 0 Å². The average Bonchev–Trinajstić information content (AvgIpc) is 2.42. The van der Waals surface area contributed by atoms with E-state index < -0.39 is 17.4 Å². The van der Waals surface area contributed by atoms with E-state index in [2.05, 4.69) is 0 Å². The minimum absolute atomic E-state index is 0.0976. The molecule has 0 radical (unpaired) electrons. The molecule has 0 heterocycles. The zero-order valence-corrected chi connectivity index (χ0v) is 12.6. The third-order valence-corrected chi connectivity index (χ3v) is 2.92. The fourth-order valence-corrected chi connectivity index (χ4v) is 1.99. The molecule has 0 fully saturated rings. The molecule has 118 valence electrons. The number of aliphatic hydroxyl groups excluding tert-OH is 1. The lowest BCUT2D eigenvalue weighted by atomic mass is 9.80. The molecule has 0 rings (SSSR count). The summed E-state index contributed by atoms with van der Waals surface area (Å²) in [6.07, 6.45) is 1.20. The van der Waals surface area contributed by atoms with Crippen LogP contribution >= 0.6 is 0 Å². The van der Waals surface area contributed by atoms with Gasteiger partial charge < -0.3 is 19.3 Å². The highest BCUT2D eigenvalue weighted by Crippen LogP contribution is 2.32. The van der Waals surface area contributed by atoms with E-state index in [-0.39, 0.29) is 39.5 Å². The van der Waals surface area contributed by atoms with E-state index in [4.69, 9.17) is 19.3 Å². The first kappa shape index (κ1) is 18.9. The van der Waals surface area contributed by atoms with Crippen LogP contribution in [-0.2, 0) is 23.8 Å². The number of hydrogen-bond donors (Lipinski definition) is 1. The SMILES string of the molecule is CCCC(CCOCCO)(C(=O)OCC)C(=O)OCC. The summed E-state index contributed by atoms with van der Waals surface area (Å²) in [5.41, 5.74) is -1.31. The molecule has 0 saturated carbocycles. The number of rotatable bonds is 11. The van der Waals surface area contributed by atoms with Gasteiger partial charge in [0.25, 0.3) is 0 Å². The van der Waals surface area contributed by atoms with Crippen molar-refractivity contribution in [1.82, 2.24) is 0 Å². The standard InChI is InChI=1S/C14H26O6/c1-4-7-14(12(16)19-5-2,13(17)20-6-3)8-10-18-11-9-15/h15H,4-11H2,1-3H3. The maximum absolute atomic E-state index is 12.2. The maximum atomic E-state index is 12.2. The summed E-state index contributed by atoms with van der Waals surface area (Å²) in [5, 5.41) is 8.68. The second-order valence-corrected chi connectivity index (χ2v) is 4.36. The lowest BCUT2D eigenvalue weighted by molar-refractivity contribution is -0.174. The Bertz CT molecular complexity index is 271. The summed E-state index contributed by atoms with van der Waals surface area (Å²) in [7, 11) is 0. The predicted octanol–water partition coefficient (Wildman–Crippen LogP) is 1.30. The molecule has 0 aliphatic heterocycles. The zero-order chi connectivity index (χ0) is 15.4. The van der Waals surface area contributed by atoms with E-state index in [1.54, 1.807) is 13.8 Å². The van der Waals surface area contributed by atoms with Gasteiger partial charge in [0.15, 0.2) is 5.41 Å². The molecule has 0 spiro atoms. The molecule has 1 N–H and O–H groups in total. The van der Waals surface area contributed by atoms with Crippen molar-refractivity contribution in [3.63, 3.8) is 0 Å². The van der Waals surface area contributed by atoms with Crippen molar-refractivity contribution in [1.29, 1.82) is 0 Å². The molecule has 20 heavy (non-hydrogen) atoms. The Morgan fingerprint density at radius 1 is 0.950 bits per heavy atom. The summed E-state index contributed by atoms with van der Waals surface area (Å²) >= 11 is 0.